The molecule has 3 N–H and O–H groups in total. The minimum atomic E-state index is -5.08. The molecule has 0 spiro atoms. The molecule has 2 aromatic carbocycles. The normalized spacial score (nSPS) is 19.2. The molecule has 2 unspecified atom stereocenters. The minimum absolute atomic E-state index is 0.00743. The number of carboxylic acids is 1. The van der Waals surface area contributed by atoms with Crippen molar-refractivity contribution >= 4 is 28.5 Å². The summed E-state index contributed by atoms with van der Waals surface area (Å²) in [6.07, 6.45) is -0.910. The number of fused-ring (bicyclic) bond motifs is 2. The zero-order chi connectivity index (χ0) is 29.5. The summed E-state index contributed by atoms with van der Waals surface area (Å²) in [6.45, 7) is 1.57. The summed E-state index contributed by atoms with van der Waals surface area (Å²) in [6, 6.07) is 10.1. The third-order valence-corrected chi connectivity index (χ3v) is 7.18. The fourth-order valence-corrected chi connectivity index (χ4v) is 5.02. The van der Waals surface area contributed by atoms with E-state index in [-0.39, 0.29) is 17.1 Å². The molecule has 0 radical (unpaired) electrons. The number of nitrogens with one attached hydrogen (secondary N) is 2. The number of methoxy groups -OCH3 is 1. The number of hydrogen-bond donors (Lipinski definition) is 3. The predicted molar refractivity (Wildman–Crippen MR) is 139 cm³/mol. The Morgan fingerprint density at radius 1 is 1.17 bits per heavy atom. The van der Waals surface area contributed by atoms with Gasteiger partial charge in [0.1, 0.15) is 23.6 Å². The van der Waals surface area contributed by atoms with Crippen LogP contribution in [0.2, 0.25) is 0 Å². The van der Waals surface area contributed by atoms with Gasteiger partial charge in [-0.3, -0.25) is 9.48 Å². The Labute approximate surface area is 230 Å². The van der Waals surface area contributed by atoms with Crippen molar-refractivity contribution in [3.8, 4) is 28.3 Å². The Kier molecular flexibility index (Phi) is 7.11. The topological polar surface area (TPSA) is 131 Å². The average molecular weight is 573 g/mol. The third kappa shape index (κ3) is 5.29. The number of carboxylic acid groups (broad SMARTS) is 1. The van der Waals surface area contributed by atoms with E-state index in [2.05, 4.69) is 25.7 Å². The lowest BCUT2D eigenvalue weighted by molar-refractivity contribution is -0.192. The first-order valence-corrected chi connectivity index (χ1v) is 12.4. The van der Waals surface area contributed by atoms with Gasteiger partial charge in [-0.2, -0.15) is 18.3 Å². The number of carbonyl (C=O) groups excluding carboxylic acids is 1. The molecule has 1 amide bonds. The molecule has 3 heterocycles. The zero-order valence-electron chi connectivity index (χ0n) is 21.8. The van der Waals surface area contributed by atoms with Crippen LogP contribution in [0, 0.1) is 17.2 Å². The number of halogens is 4. The van der Waals surface area contributed by atoms with Gasteiger partial charge in [0.25, 0.3) is 0 Å². The number of anilines is 1. The van der Waals surface area contributed by atoms with E-state index < -0.39 is 12.1 Å². The van der Waals surface area contributed by atoms with Crippen LogP contribution in [0.3, 0.4) is 0 Å². The molecule has 2 aromatic heterocycles. The maximum absolute atomic E-state index is 14.6. The van der Waals surface area contributed by atoms with Gasteiger partial charge in [0, 0.05) is 42.4 Å². The van der Waals surface area contributed by atoms with E-state index in [4.69, 9.17) is 14.6 Å². The maximum atomic E-state index is 14.6. The summed E-state index contributed by atoms with van der Waals surface area (Å²) in [5.74, 6) is -2.22. The van der Waals surface area contributed by atoms with Crippen LogP contribution in [-0.4, -0.2) is 63.1 Å². The molecule has 1 saturated carbocycles. The fraction of sp³-hybridized carbons (Fsp3) is 0.296. The second-order valence-corrected chi connectivity index (χ2v) is 9.78. The Hall–Kier alpha value is -4.59. The molecule has 2 fully saturated rings. The van der Waals surface area contributed by atoms with Crippen molar-refractivity contribution in [2.24, 2.45) is 18.4 Å². The van der Waals surface area contributed by atoms with Crippen molar-refractivity contribution in [3.05, 3.63) is 54.7 Å². The second kappa shape index (κ2) is 10.4. The highest BCUT2D eigenvalue weighted by atomic mass is 19.4. The monoisotopic (exact) mass is 572 g/mol. The Bertz CT molecular complexity index is 1660. The van der Waals surface area contributed by atoms with Gasteiger partial charge in [-0.1, -0.05) is 12.1 Å². The largest absolute Gasteiger partial charge is 0.494 e. The standard InChI is InChI=1S/C25H23FN6O2.C2HF3O2/c1-32-11-17(23(31-32)15-5-3-4-6-18(15)26)22-16-7-20(21(34-2)8-19(16)28-13-29-22)30-24(33)25-9-14(25)10-27-12-25;3-2(4,5)1(6)7/h3-8,11,13-14,27H,9-10,12H2,1-2H3,(H,30,33);(H,6,7). The Morgan fingerprint density at radius 3 is 2.51 bits per heavy atom. The molecular formula is C27H24F4N6O4. The van der Waals surface area contributed by atoms with Gasteiger partial charge in [-0.25, -0.2) is 19.2 Å². The summed E-state index contributed by atoms with van der Waals surface area (Å²) < 4.78 is 53.6. The van der Waals surface area contributed by atoms with Crippen molar-refractivity contribution < 1.29 is 37.0 Å². The van der Waals surface area contributed by atoms with Crippen LogP contribution < -0.4 is 15.4 Å². The van der Waals surface area contributed by atoms with Gasteiger partial charge in [0.05, 0.1) is 29.4 Å². The molecule has 14 heteroatoms. The summed E-state index contributed by atoms with van der Waals surface area (Å²) in [5.41, 5.74) is 3.01. The molecule has 2 atom stereocenters. The predicted octanol–water partition coefficient (Wildman–Crippen LogP) is 4.03. The van der Waals surface area contributed by atoms with Crippen LogP contribution in [0.5, 0.6) is 5.75 Å². The molecule has 1 aliphatic carbocycles. The molecule has 2 aliphatic rings. The van der Waals surface area contributed by atoms with E-state index in [0.717, 1.165) is 13.0 Å². The van der Waals surface area contributed by atoms with Crippen LogP contribution in [0.15, 0.2) is 48.9 Å². The third-order valence-electron chi connectivity index (χ3n) is 7.18. The van der Waals surface area contributed by atoms with Crippen LogP contribution in [0.25, 0.3) is 33.4 Å². The van der Waals surface area contributed by atoms with Crippen molar-refractivity contribution in [1.29, 1.82) is 0 Å². The minimum Gasteiger partial charge on any atom is -0.494 e. The SMILES string of the molecule is COc1cc2ncnc(-c3cn(C)nc3-c3ccccc3F)c2cc1NC(=O)C12CNCC1C2.O=C(O)C(F)(F)F. The molecule has 41 heavy (non-hydrogen) atoms. The molecule has 1 aliphatic heterocycles. The highest BCUT2D eigenvalue weighted by molar-refractivity contribution is 6.04. The highest BCUT2D eigenvalue weighted by Crippen LogP contribution is 2.55. The number of aryl methyl sites for hydroxylation is 1. The number of aromatic nitrogens is 4. The smallest absolute Gasteiger partial charge is 0.490 e. The van der Waals surface area contributed by atoms with E-state index in [1.165, 1.54) is 12.4 Å². The van der Waals surface area contributed by atoms with E-state index in [1.54, 1.807) is 43.1 Å². The van der Waals surface area contributed by atoms with Gasteiger partial charge in [0.2, 0.25) is 5.91 Å². The Balaban J connectivity index is 0.000000431. The number of alkyl halides is 3. The molecule has 4 aromatic rings. The van der Waals surface area contributed by atoms with E-state index in [9.17, 15) is 22.4 Å². The van der Waals surface area contributed by atoms with Crippen LogP contribution >= 0.6 is 0 Å². The first-order chi connectivity index (χ1) is 19.4. The molecular weight excluding hydrogens is 548 g/mol. The number of aliphatic carboxylic acids is 1. The van der Waals surface area contributed by atoms with Crippen LogP contribution in [-0.2, 0) is 16.6 Å². The van der Waals surface area contributed by atoms with E-state index >= 15 is 0 Å². The zero-order valence-corrected chi connectivity index (χ0v) is 21.8. The second-order valence-electron chi connectivity index (χ2n) is 9.78. The summed E-state index contributed by atoms with van der Waals surface area (Å²) >= 11 is 0. The fourth-order valence-electron chi connectivity index (χ4n) is 5.02. The van der Waals surface area contributed by atoms with Crippen molar-refractivity contribution in [2.75, 3.05) is 25.5 Å². The number of hydrogen-bond acceptors (Lipinski definition) is 7. The first kappa shape index (κ1) is 28.0. The number of rotatable bonds is 5. The number of nitrogens with zero attached hydrogens (tertiary/aromatic N) is 4. The lowest BCUT2D eigenvalue weighted by Crippen LogP contribution is -2.29. The molecule has 0 bridgehead atoms. The Morgan fingerprint density at radius 2 is 1.90 bits per heavy atom. The van der Waals surface area contributed by atoms with E-state index in [1.807, 2.05) is 12.3 Å². The van der Waals surface area contributed by atoms with Crippen molar-refractivity contribution in [3.63, 3.8) is 0 Å². The van der Waals surface area contributed by atoms with Gasteiger partial charge in [0.15, 0.2) is 0 Å². The maximum Gasteiger partial charge on any atom is 0.490 e. The number of ether oxygens (including phenoxy) is 1. The summed E-state index contributed by atoms with van der Waals surface area (Å²) in [7, 11) is 3.35. The molecule has 214 valence electrons. The number of benzene rings is 2. The van der Waals surface area contributed by atoms with Gasteiger partial charge < -0.3 is 20.5 Å². The highest BCUT2D eigenvalue weighted by Gasteiger charge is 2.62. The number of carbonyl (C=O) groups is 2. The van der Waals surface area contributed by atoms with Gasteiger partial charge in [-0.05, 0) is 37.1 Å². The van der Waals surface area contributed by atoms with Gasteiger partial charge >= 0.3 is 12.1 Å². The van der Waals surface area contributed by atoms with Gasteiger partial charge in [-0.15, -0.1) is 0 Å². The van der Waals surface area contributed by atoms with Crippen molar-refractivity contribution in [2.45, 2.75) is 12.6 Å². The summed E-state index contributed by atoms with van der Waals surface area (Å²) in [4.78, 5) is 31.0. The first-order valence-electron chi connectivity index (χ1n) is 12.4. The summed E-state index contributed by atoms with van der Waals surface area (Å²) in [5, 5.41) is 18.7. The number of amides is 1. The molecule has 10 nitrogen and oxygen atoms in total. The average Bonchev–Trinajstić information content (AvgIpc) is 3.27. The quantitative estimate of drug-likeness (QED) is 0.306. The lowest BCUT2D eigenvalue weighted by atomic mass is 10.0. The van der Waals surface area contributed by atoms with Crippen LogP contribution in [0.4, 0.5) is 23.2 Å². The van der Waals surface area contributed by atoms with E-state index in [0.29, 0.717) is 57.3 Å². The number of piperidine rings is 1. The van der Waals surface area contributed by atoms with Crippen LogP contribution in [0.1, 0.15) is 6.42 Å². The molecule has 1 saturated heterocycles. The lowest BCUT2D eigenvalue weighted by Gasteiger charge is -2.16. The molecule has 6 rings (SSSR count). The van der Waals surface area contributed by atoms with Crippen molar-refractivity contribution in [1.82, 2.24) is 25.1 Å².